The van der Waals surface area contributed by atoms with Crippen molar-refractivity contribution in [3.63, 3.8) is 0 Å². The number of halogens is 2. The van der Waals surface area contributed by atoms with E-state index < -0.39 is 11.5 Å². The minimum Gasteiger partial charge on any atom is -0.491 e. The maximum absolute atomic E-state index is 13.8. The van der Waals surface area contributed by atoms with Gasteiger partial charge < -0.3 is 4.74 Å². The highest BCUT2D eigenvalue weighted by atomic mass is 79.9. The Kier molecular flexibility index (Phi) is 3.71. The molecule has 1 aromatic heterocycles. The summed E-state index contributed by atoms with van der Waals surface area (Å²) in [5, 5.41) is 0. The number of pyridine rings is 1. The van der Waals surface area contributed by atoms with E-state index in [-0.39, 0.29) is 5.69 Å². The predicted molar refractivity (Wildman–Crippen MR) is 69.9 cm³/mol. The number of carbonyl (C=O) groups is 1. The number of alkyl halides is 1. The van der Waals surface area contributed by atoms with Gasteiger partial charge in [0.25, 0.3) is 0 Å². The number of ether oxygens (including phenoxy) is 1. The van der Waals surface area contributed by atoms with E-state index in [0.29, 0.717) is 36.2 Å². The van der Waals surface area contributed by atoms with Crippen molar-refractivity contribution in [2.75, 3.05) is 6.61 Å². The van der Waals surface area contributed by atoms with Gasteiger partial charge in [0, 0.05) is 0 Å². The van der Waals surface area contributed by atoms with E-state index in [1.165, 1.54) is 0 Å². The molecule has 1 aromatic rings. The van der Waals surface area contributed by atoms with Gasteiger partial charge in [-0.2, -0.15) is 0 Å². The van der Waals surface area contributed by atoms with Crippen molar-refractivity contribution in [3.8, 4) is 5.75 Å². The Morgan fingerprint density at radius 2 is 2.22 bits per heavy atom. The third-order valence-electron chi connectivity index (χ3n) is 3.01. The van der Waals surface area contributed by atoms with Crippen LogP contribution in [0, 0.1) is 0 Å². The molecule has 1 fully saturated rings. The van der Waals surface area contributed by atoms with Gasteiger partial charge in [0.1, 0.15) is 10.3 Å². The lowest BCUT2D eigenvalue weighted by molar-refractivity contribution is 0.0845. The molecule has 2 rings (SSSR count). The van der Waals surface area contributed by atoms with Crippen LogP contribution >= 0.6 is 15.9 Å². The van der Waals surface area contributed by atoms with E-state index in [4.69, 9.17) is 4.74 Å². The summed E-state index contributed by atoms with van der Waals surface area (Å²) >= 11 is 3.28. The van der Waals surface area contributed by atoms with E-state index in [1.807, 2.05) is 13.8 Å². The minimum absolute atomic E-state index is 0.183. The molecular weight excluding hydrogens is 301 g/mol. The first-order valence-electron chi connectivity index (χ1n) is 6.07. The molecule has 1 saturated carbocycles. The normalized spacial score (nSPS) is 16.4. The van der Waals surface area contributed by atoms with Gasteiger partial charge in [0.05, 0.1) is 6.61 Å². The van der Waals surface area contributed by atoms with Gasteiger partial charge >= 0.3 is 0 Å². The highest BCUT2D eigenvalue weighted by Gasteiger charge is 2.51. The molecule has 0 saturated heterocycles. The Labute approximate surface area is 114 Å². The number of nitrogens with zero attached hydrogens (tertiary/aromatic N) is 1. The number of aryl methyl sites for hydroxylation is 1. The molecule has 0 N–H and O–H groups in total. The first-order chi connectivity index (χ1) is 8.51. The van der Waals surface area contributed by atoms with Crippen LogP contribution in [0.3, 0.4) is 0 Å². The molecule has 0 radical (unpaired) electrons. The summed E-state index contributed by atoms with van der Waals surface area (Å²) in [7, 11) is 0. The fraction of sp³-hybridized carbons (Fsp3) is 0.538. The van der Waals surface area contributed by atoms with E-state index in [0.717, 1.165) is 5.56 Å². The quantitative estimate of drug-likeness (QED) is 0.616. The maximum Gasteiger partial charge on any atom is 0.218 e. The van der Waals surface area contributed by atoms with Crippen molar-refractivity contribution < 1.29 is 13.9 Å². The van der Waals surface area contributed by atoms with Gasteiger partial charge in [-0.15, -0.1) is 0 Å². The Bertz CT molecular complexity index is 486. The van der Waals surface area contributed by atoms with Crippen LogP contribution in [0.2, 0.25) is 0 Å². The average molecular weight is 316 g/mol. The Hall–Kier alpha value is -0.970. The molecule has 0 bridgehead atoms. The van der Waals surface area contributed by atoms with Crippen LogP contribution < -0.4 is 4.74 Å². The van der Waals surface area contributed by atoms with Crippen LogP contribution in [0.25, 0.3) is 0 Å². The molecule has 3 nitrogen and oxygen atoms in total. The Morgan fingerprint density at radius 1 is 1.56 bits per heavy atom. The number of aromatic nitrogens is 1. The average Bonchev–Trinajstić information content (AvgIpc) is 3.10. The molecule has 5 heteroatoms. The van der Waals surface area contributed by atoms with Gasteiger partial charge in [-0.05, 0) is 53.7 Å². The SMILES string of the molecule is CCOc1c(CC)cc(C(=O)C2(F)CC2)nc1Br. The van der Waals surface area contributed by atoms with Crippen molar-refractivity contribution in [2.24, 2.45) is 0 Å². The fourth-order valence-electron chi connectivity index (χ4n) is 1.79. The predicted octanol–water partition coefficient (Wildman–Crippen LogP) is 3.49. The van der Waals surface area contributed by atoms with Gasteiger partial charge in [-0.25, -0.2) is 9.37 Å². The van der Waals surface area contributed by atoms with Crippen molar-refractivity contribution in [3.05, 3.63) is 21.9 Å². The zero-order valence-corrected chi connectivity index (χ0v) is 12.0. The minimum atomic E-state index is -1.68. The molecule has 18 heavy (non-hydrogen) atoms. The third kappa shape index (κ3) is 2.41. The molecular formula is C13H15BrFNO2. The van der Waals surface area contributed by atoms with Gasteiger partial charge in [0.2, 0.25) is 5.78 Å². The van der Waals surface area contributed by atoms with Crippen LogP contribution in [0.1, 0.15) is 42.7 Å². The summed E-state index contributed by atoms with van der Waals surface area (Å²) in [4.78, 5) is 16.0. The Morgan fingerprint density at radius 3 is 2.72 bits per heavy atom. The van der Waals surface area contributed by atoms with E-state index in [2.05, 4.69) is 20.9 Å². The lowest BCUT2D eigenvalue weighted by atomic mass is 10.1. The summed E-state index contributed by atoms with van der Waals surface area (Å²) in [6, 6.07) is 1.64. The first kappa shape index (κ1) is 13.5. The van der Waals surface area contributed by atoms with Crippen molar-refractivity contribution in [1.29, 1.82) is 0 Å². The Balaban J connectivity index is 2.39. The number of hydrogen-bond acceptors (Lipinski definition) is 3. The van der Waals surface area contributed by atoms with Crippen molar-refractivity contribution in [2.45, 2.75) is 38.8 Å². The monoisotopic (exact) mass is 315 g/mol. The van der Waals surface area contributed by atoms with E-state index in [9.17, 15) is 9.18 Å². The summed E-state index contributed by atoms with van der Waals surface area (Å²) < 4.78 is 19.7. The van der Waals surface area contributed by atoms with Crippen LogP contribution in [0.4, 0.5) is 4.39 Å². The molecule has 0 unspecified atom stereocenters. The van der Waals surface area contributed by atoms with Crippen LogP contribution in [-0.2, 0) is 6.42 Å². The van der Waals surface area contributed by atoms with E-state index >= 15 is 0 Å². The second kappa shape index (κ2) is 4.96. The third-order valence-corrected chi connectivity index (χ3v) is 3.54. The van der Waals surface area contributed by atoms with Gasteiger partial charge in [-0.3, -0.25) is 4.79 Å². The summed E-state index contributed by atoms with van der Waals surface area (Å²) in [5.41, 5.74) is -0.626. The maximum atomic E-state index is 13.8. The number of carbonyl (C=O) groups excluding carboxylic acids is 1. The van der Waals surface area contributed by atoms with Crippen LogP contribution in [-0.4, -0.2) is 23.0 Å². The fourth-order valence-corrected chi connectivity index (χ4v) is 2.35. The number of rotatable bonds is 5. The topological polar surface area (TPSA) is 39.2 Å². The summed E-state index contributed by atoms with van der Waals surface area (Å²) in [6.45, 7) is 4.36. The summed E-state index contributed by atoms with van der Waals surface area (Å²) in [5.74, 6) is 0.126. The molecule has 0 amide bonds. The molecule has 0 aromatic carbocycles. The molecule has 0 aliphatic heterocycles. The van der Waals surface area contributed by atoms with E-state index in [1.54, 1.807) is 6.07 Å². The zero-order chi connectivity index (χ0) is 13.3. The lowest BCUT2D eigenvalue weighted by Crippen LogP contribution is -2.19. The van der Waals surface area contributed by atoms with Crippen LogP contribution in [0.5, 0.6) is 5.75 Å². The molecule has 1 heterocycles. The van der Waals surface area contributed by atoms with Crippen molar-refractivity contribution in [1.82, 2.24) is 4.98 Å². The molecule has 1 aliphatic carbocycles. The molecule has 98 valence electrons. The second-order valence-corrected chi connectivity index (χ2v) is 5.12. The van der Waals surface area contributed by atoms with Crippen LogP contribution in [0.15, 0.2) is 10.7 Å². The molecule has 0 spiro atoms. The number of Topliss-reactive ketones (excluding diaryl/α,β-unsaturated/α-hetero) is 1. The second-order valence-electron chi connectivity index (χ2n) is 4.37. The highest BCUT2D eigenvalue weighted by Crippen LogP contribution is 2.43. The summed E-state index contributed by atoms with van der Waals surface area (Å²) in [6.07, 6.45) is 1.32. The standard InChI is InChI=1S/C13H15BrFNO2/c1-3-8-7-9(11(17)13(15)5-6-13)16-12(14)10(8)18-4-2/h7H,3-6H2,1-2H3. The lowest BCUT2D eigenvalue weighted by Gasteiger charge is -2.12. The van der Waals surface area contributed by atoms with Gasteiger partial charge in [-0.1, -0.05) is 6.92 Å². The van der Waals surface area contributed by atoms with Gasteiger partial charge in [0.15, 0.2) is 11.4 Å². The smallest absolute Gasteiger partial charge is 0.218 e. The molecule has 0 atom stereocenters. The highest BCUT2D eigenvalue weighted by molar-refractivity contribution is 9.10. The number of ketones is 1. The first-order valence-corrected chi connectivity index (χ1v) is 6.87. The zero-order valence-electron chi connectivity index (χ0n) is 10.4. The number of hydrogen-bond donors (Lipinski definition) is 0. The largest absolute Gasteiger partial charge is 0.491 e. The van der Waals surface area contributed by atoms with Crippen molar-refractivity contribution >= 4 is 21.7 Å². The molecule has 1 aliphatic rings.